The van der Waals surface area contributed by atoms with Crippen LogP contribution < -0.4 is 10.1 Å². The van der Waals surface area contributed by atoms with E-state index in [0.717, 1.165) is 50.9 Å². The van der Waals surface area contributed by atoms with E-state index >= 15 is 0 Å². The van der Waals surface area contributed by atoms with Gasteiger partial charge in [-0.25, -0.2) is 4.39 Å². The molecule has 41 heavy (non-hydrogen) atoms. The predicted octanol–water partition coefficient (Wildman–Crippen LogP) is 4.36. The lowest BCUT2D eigenvalue weighted by Crippen LogP contribution is -2.44. The largest absolute Gasteiger partial charge is 0.497 e. The van der Waals surface area contributed by atoms with E-state index in [1.807, 2.05) is 0 Å². The molecule has 2 fully saturated rings. The second-order valence-electron chi connectivity index (χ2n) is 10.8. The third-order valence-electron chi connectivity index (χ3n) is 7.94. The second kappa shape index (κ2) is 13.0. The van der Waals surface area contributed by atoms with Crippen LogP contribution in [0.1, 0.15) is 62.5 Å². The molecule has 1 aromatic heterocycles. The summed E-state index contributed by atoms with van der Waals surface area (Å²) in [6.45, 7) is 3.34. The first kappa shape index (κ1) is 28.4. The fourth-order valence-corrected chi connectivity index (χ4v) is 5.54. The van der Waals surface area contributed by atoms with Gasteiger partial charge in [0, 0.05) is 56.4 Å². The molecule has 1 unspecified atom stereocenters. The molecule has 214 valence electrons. The van der Waals surface area contributed by atoms with Gasteiger partial charge in [-0.15, -0.1) is 0 Å². The Balaban J connectivity index is 1.11. The standard InChI is InChI=1S/C32H35FN4O4/c1-41-28-11-6-23(7-12-28)30(38)25-3-2-16-37(21-25)32(40)29-13-8-24(19-34-29)31(39)35-27-14-17-36(18-15-27)20-22-4-9-26(33)10-5-22/h4-13,19,25,27H,2-3,14-18,20-21H2,1H3,(H,35,39). The van der Waals surface area contributed by atoms with E-state index in [9.17, 15) is 18.8 Å². The van der Waals surface area contributed by atoms with Gasteiger partial charge in [0.05, 0.1) is 12.7 Å². The van der Waals surface area contributed by atoms with Crippen LogP contribution in [0.4, 0.5) is 4.39 Å². The van der Waals surface area contributed by atoms with E-state index in [1.54, 1.807) is 60.5 Å². The van der Waals surface area contributed by atoms with Gasteiger partial charge in [-0.05, 0) is 79.8 Å². The highest BCUT2D eigenvalue weighted by Gasteiger charge is 2.30. The molecule has 0 bridgehead atoms. The number of carbonyl (C=O) groups is 3. The normalized spacial score (nSPS) is 18.1. The van der Waals surface area contributed by atoms with E-state index in [2.05, 4.69) is 15.2 Å². The molecular formula is C32H35FN4O4. The Morgan fingerprint density at radius 1 is 0.927 bits per heavy atom. The maximum Gasteiger partial charge on any atom is 0.272 e. The molecule has 0 spiro atoms. The average molecular weight is 559 g/mol. The first-order valence-corrected chi connectivity index (χ1v) is 14.1. The zero-order chi connectivity index (χ0) is 28.8. The molecular weight excluding hydrogens is 523 g/mol. The number of pyridine rings is 1. The molecule has 9 heteroatoms. The zero-order valence-electron chi connectivity index (χ0n) is 23.2. The number of likely N-dealkylation sites (tertiary alicyclic amines) is 2. The summed E-state index contributed by atoms with van der Waals surface area (Å²) in [6.07, 6.45) is 4.55. The molecule has 0 saturated carbocycles. The molecule has 1 N–H and O–H groups in total. The van der Waals surface area contributed by atoms with Gasteiger partial charge >= 0.3 is 0 Å². The lowest BCUT2D eigenvalue weighted by Gasteiger charge is -2.32. The van der Waals surface area contributed by atoms with Crippen LogP contribution >= 0.6 is 0 Å². The van der Waals surface area contributed by atoms with E-state index in [-0.39, 0.29) is 41.1 Å². The van der Waals surface area contributed by atoms with Crippen molar-refractivity contribution in [2.45, 2.75) is 38.3 Å². The number of amides is 2. The van der Waals surface area contributed by atoms with Crippen molar-refractivity contribution in [3.05, 3.63) is 95.1 Å². The van der Waals surface area contributed by atoms with Gasteiger partial charge in [0.15, 0.2) is 5.78 Å². The van der Waals surface area contributed by atoms with Gasteiger partial charge in [0.25, 0.3) is 11.8 Å². The fraction of sp³-hybridized carbons (Fsp3) is 0.375. The molecule has 3 heterocycles. The number of aromatic nitrogens is 1. The maximum absolute atomic E-state index is 13.2. The second-order valence-corrected chi connectivity index (χ2v) is 10.8. The van der Waals surface area contributed by atoms with Crippen LogP contribution in [0.15, 0.2) is 66.9 Å². The molecule has 2 saturated heterocycles. The van der Waals surface area contributed by atoms with Crippen molar-refractivity contribution in [2.75, 3.05) is 33.3 Å². The number of hydrogen-bond donors (Lipinski definition) is 1. The Morgan fingerprint density at radius 3 is 2.29 bits per heavy atom. The minimum Gasteiger partial charge on any atom is -0.497 e. The summed E-state index contributed by atoms with van der Waals surface area (Å²) in [5, 5.41) is 3.08. The van der Waals surface area contributed by atoms with Gasteiger partial charge in [-0.2, -0.15) is 0 Å². The zero-order valence-corrected chi connectivity index (χ0v) is 23.2. The lowest BCUT2D eigenvalue weighted by atomic mass is 9.90. The molecule has 0 aliphatic carbocycles. The van der Waals surface area contributed by atoms with Crippen molar-refractivity contribution in [1.29, 1.82) is 0 Å². The van der Waals surface area contributed by atoms with Crippen molar-refractivity contribution in [3.63, 3.8) is 0 Å². The van der Waals surface area contributed by atoms with Crippen molar-refractivity contribution >= 4 is 17.6 Å². The highest BCUT2D eigenvalue weighted by molar-refractivity contribution is 5.99. The summed E-state index contributed by atoms with van der Waals surface area (Å²) in [6, 6.07) is 16.9. The Kier molecular flexibility index (Phi) is 9.04. The van der Waals surface area contributed by atoms with Gasteiger partial charge in [0.2, 0.25) is 0 Å². The number of Topliss-reactive ketones (excluding diaryl/α,β-unsaturated/α-hetero) is 1. The maximum atomic E-state index is 13.2. The Labute approximate surface area is 239 Å². The van der Waals surface area contributed by atoms with E-state index in [0.29, 0.717) is 30.0 Å². The number of halogens is 1. The van der Waals surface area contributed by atoms with Crippen molar-refractivity contribution in [3.8, 4) is 5.75 Å². The van der Waals surface area contributed by atoms with Gasteiger partial charge in [-0.1, -0.05) is 12.1 Å². The summed E-state index contributed by atoms with van der Waals surface area (Å²) in [5.41, 5.74) is 2.34. The third kappa shape index (κ3) is 7.16. The monoisotopic (exact) mass is 558 g/mol. The van der Waals surface area contributed by atoms with Crippen LogP contribution in [0.5, 0.6) is 5.75 Å². The minimum atomic E-state index is -0.270. The molecule has 8 nitrogen and oxygen atoms in total. The van der Waals surface area contributed by atoms with E-state index < -0.39 is 0 Å². The SMILES string of the molecule is COc1ccc(C(=O)C2CCCN(C(=O)c3ccc(C(=O)NC4CCN(Cc5ccc(F)cc5)CC4)cn3)C2)cc1. The molecule has 3 aromatic rings. The van der Waals surface area contributed by atoms with Gasteiger partial charge < -0.3 is 15.0 Å². The average Bonchev–Trinajstić information content (AvgIpc) is 3.02. The fourth-order valence-electron chi connectivity index (χ4n) is 5.54. The van der Waals surface area contributed by atoms with Crippen LogP contribution in [-0.2, 0) is 6.54 Å². The molecule has 2 aromatic carbocycles. The predicted molar refractivity (Wildman–Crippen MR) is 152 cm³/mol. The number of ether oxygens (including phenoxy) is 1. The Morgan fingerprint density at radius 2 is 1.63 bits per heavy atom. The van der Waals surface area contributed by atoms with Crippen molar-refractivity contribution in [1.82, 2.24) is 20.1 Å². The summed E-state index contributed by atoms with van der Waals surface area (Å²) in [4.78, 5) is 47.3. The molecule has 1 atom stereocenters. The number of ketones is 1. The Hall–Kier alpha value is -4.11. The number of rotatable bonds is 8. The van der Waals surface area contributed by atoms with Gasteiger partial charge in [0.1, 0.15) is 17.3 Å². The number of methoxy groups -OCH3 is 1. The first-order chi connectivity index (χ1) is 19.9. The highest BCUT2D eigenvalue weighted by Crippen LogP contribution is 2.23. The molecule has 2 aliphatic rings. The summed E-state index contributed by atoms with van der Waals surface area (Å²) < 4.78 is 18.3. The molecule has 5 rings (SSSR count). The number of hydrogen-bond acceptors (Lipinski definition) is 6. The smallest absolute Gasteiger partial charge is 0.272 e. The summed E-state index contributed by atoms with van der Waals surface area (Å²) >= 11 is 0. The number of benzene rings is 2. The van der Waals surface area contributed by atoms with Gasteiger partial charge in [-0.3, -0.25) is 24.3 Å². The van der Waals surface area contributed by atoms with Crippen LogP contribution in [-0.4, -0.2) is 71.7 Å². The summed E-state index contributed by atoms with van der Waals surface area (Å²) in [7, 11) is 1.58. The molecule has 0 radical (unpaired) electrons. The topological polar surface area (TPSA) is 91.8 Å². The van der Waals surface area contributed by atoms with Crippen LogP contribution in [0.25, 0.3) is 0 Å². The molecule has 2 amide bonds. The lowest BCUT2D eigenvalue weighted by molar-refractivity contribution is 0.0631. The quantitative estimate of drug-likeness (QED) is 0.413. The number of carbonyl (C=O) groups excluding carboxylic acids is 3. The number of nitrogens with one attached hydrogen (secondary N) is 1. The Bertz CT molecular complexity index is 1350. The number of piperidine rings is 2. The van der Waals surface area contributed by atoms with Crippen molar-refractivity contribution in [2.24, 2.45) is 5.92 Å². The molecule has 2 aliphatic heterocycles. The third-order valence-corrected chi connectivity index (χ3v) is 7.94. The van der Waals surface area contributed by atoms with E-state index in [4.69, 9.17) is 4.74 Å². The number of nitrogens with zero attached hydrogens (tertiary/aromatic N) is 3. The summed E-state index contributed by atoms with van der Waals surface area (Å²) in [5.74, 6) is -0.248. The highest BCUT2D eigenvalue weighted by atomic mass is 19.1. The van der Waals surface area contributed by atoms with Crippen LogP contribution in [0, 0.1) is 11.7 Å². The van der Waals surface area contributed by atoms with Crippen LogP contribution in [0.3, 0.4) is 0 Å². The van der Waals surface area contributed by atoms with Crippen molar-refractivity contribution < 1.29 is 23.5 Å². The minimum absolute atomic E-state index is 0.0198. The van der Waals surface area contributed by atoms with E-state index in [1.165, 1.54) is 18.3 Å². The first-order valence-electron chi connectivity index (χ1n) is 14.1. The van der Waals surface area contributed by atoms with Crippen LogP contribution in [0.2, 0.25) is 0 Å².